The van der Waals surface area contributed by atoms with Crippen molar-refractivity contribution in [1.29, 1.82) is 0 Å². The number of carbonyl (C=O) groups is 1. The van der Waals surface area contributed by atoms with Crippen molar-refractivity contribution in [2.75, 3.05) is 5.32 Å². The number of aryl methyl sites for hydroxylation is 1. The van der Waals surface area contributed by atoms with Gasteiger partial charge in [0.15, 0.2) is 5.65 Å². The fourth-order valence-electron chi connectivity index (χ4n) is 1.94. The van der Waals surface area contributed by atoms with E-state index < -0.39 is 0 Å². The fourth-order valence-corrected chi connectivity index (χ4v) is 1.94. The van der Waals surface area contributed by atoms with E-state index in [0.717, 1.165) is 0 Å². The molecule has 0 radical (unpaired) electrons. The van der Waals surface area contributed by atoms with Crippen LogP contribution in [0.25, 0.3) is 5.65 Å². The van der Waals surface area contributed by atoms with Crippen molar-refractivity contribution >= 4 is 17.2 Å². The van der Waals surface area contributed by atoms with Crippen LogP contribution in [0.4, 0.5) is 5.69 Å². The van der Waals surface area contributed by atoms with Crippen LogP contribution in [0, 0.1) is 6.92 Å². The molecular formula is C14H12N4O2. The highest BCUT2D eigenvalue weighted by Crippen LogP contribution is 2.17. The molecule has 20 heavy (non-hydrogen) atoms. The van der Waals surface area contributed by atoms with Crippen LogP contribution in [0.15, 0.2) is 42.6 Å². The normalized spacial score (nSPS) is 10.7. The number of rotatable bonds is 2. The summed E-state index contributed by atoms with van der Waals surface area (Å²) in [6, 6.07) is 10.6. The molecule has 0 fully saturated rings. The maximum atomic E-state index is 12.2. The average Bonchev–Trinajstić information content (AvgIpc) is 2.84. The third kappa shape index (κ3) is 2.07. The van der Waals surface area contributed by atoms with Crippen molar-refractivity contribution in [1.82, 2.24) is 14.6 Å². The van der Waals surface area contributed by atoms with Crippen molar-refractivity contribution in [2.24, 2.45) is 0 Å². The third-order valence-electron chi connectivity index (χ3n) is 2.86. The number of amides is 1. The van der Waals surface area contributed by atoms with Gasteiger partial charge in [0.2, 0.25) is 5.88 Å². The molecule has 1 amide bonds. The van der Waals surface area contributed by atoms with Gasteiger partial charge in [-0.05, 0) is 19.1 Å². The molecule has 0 bridgehead atoms. The summed E-state index contributed by atoms with van der Waals surface area (Å²) in [5.74, 6) is -0.366. The van der Waals surface area contributed by atoms with Crippen LogP contribution in [0.5, 0.6) is 5.88 Å². The maximum Gasteiger partial charge on any atom is 0.261 e. The number of benzene rings is 1. The molecule has 0 unspecified atom stereocenters. The van der Waals surface area contributed by atoms with Gasteiger partial charge >= 0.3 is 0 Å². The zero-order valence-corrected chi connectivity index (χ0v) is 10.7. The quantitative estimate of drug-likeness (QED) is 0.745. The van der Waals surface area contributed by atoms with Gasteiger partial charge in [-0.25, -0.2) is 4.98 Å². The Morgan fingerprint density at radius 1 is 1.30 bits per heavy atom. The van der Waals surface area contributed by atoms with E-state index in [1.165, 1.54) is 16.8 Å². The predicted molar refractivity (Wildman–Crippen MR) is 73.8 cm³/mol. The van der Waals surface area contributed by atoms with Gasteiger partial charge in [0.25, 0.3) is 5.91 Å². The van der Waals surface area contributed by atoms with E-state index in [2.05, 4.69) is 15.4 Å². The lowest BCUT2D eigenvalue weighted by Gasteiger charge is -2.04. The molecule has 0 atom stereocenters. The van der Waals surface area contributed by atoms with Gasteiger partial charge in [0.05, 0.1) is 6.20 Å². The lowest BCUT2D eigenvalue weighted by molar-refractivity contribution is 0.102. The number of carbonyl (C=O) groups excluding carboxylic acids is 1. The summed E-state index contributed by atoms with van der Waals surface area (Å²) in [6.45, 7) is 1.74. The zero-order valence-electron chi connectivity index (χ0n) is 10.7. The van der Waals surface area contributed by atoms with E-state index in [4.69, 9.17) is 0 Å². The van der Waals surface area contributed by atoms with E-state index in [-0.39, 0.29) is 11.8 Å². The van der Waals surface area contributed by atoms with Crippen LogP contribution in [-0.2, 0) is 0 Å². The summed E-state index contributed by atoms with van der Waals surface area (Å²) in [6.07, 6.45) is 1.39. The molecule has 2 heterocycles. The number of nitrogens with zero attached hydrogens (tertiary/aromatic N) is 3. The Bertz CT molecular complexity index is 780. The molecule has 2 N–H and O–H groups in total. The number of aromatic nitrogens is 3. The van der Waals surface area contributed by atoms with E-state index in [1.54, 1.807) is 19.1 Å². The molecule has 2 aromatic heterocycles. The number of nitrogens with one attached hydrogen (secondary N) is 1. The lowest BCUT2D eigenvalue weighted by Crippen LogP contribution is -2.12. The molecule has 0 saturated heterocycles. The molecule has 3 rings (SSSR count). The van der Waals surface area contributed by atoms with Crippen LogP contribution in [-0.4, -0.2) is 25.6 Å². The van der Waals surface area contributed by atoms with Crippen molar-refractivity contribution < 1.29 is 9.90 Å². The highest BCUT2D eigenvalue weighted by Gasteiger charge is 2.16. The Balaban J connectivity index is 2.00. The summed E-state index contributed by atoms with van der Waals surface area (Å²) >= 11 is 0. The molecule has 6 nitrogen and oxygen atoms in total. The topological polar surface area (TPSA) is 79.5 Å². The first-order valence-electron chi connectivity index (χ1n) is 6.06. The summed E-state index contributed by atoms with van der Waals surface area (Å²) < 4.78 is 1.23. The van der Waals surface area contributed by atoms with Gasteiger partial charge in [0, 0.05) is 17.4 Å². The third-order valence-corrected chi connectivity index (χ3v) is 2.86. The molecule has 0 aliphatic carbocycles. The largest absolute Gasteiger partial charge is 0.493 e. The second kappa shape index (κ2) is 4.65. The minimum absolute atomic E-state index is 0.0498. The fraction of sp³-hybridized carbons (Fsp3) is 0.0714. The van der Waals surface area contributed by atoms with Gasteiger partial charge in [-0.15, -0.1) is 0 Å². The molecule has 6 heteroatoms. The summed E-state index contributed by atoms with van der Waals surface area (Å²) in [4.78, 5) is 16.5. The van der Waals surface area contributed by atoms with Gasteiger partial charge in [-0.2, -0.15) is 9.61 Å². The number of hydrogen-bond acceptors (Lipinski definition) is 4. The Morgan fingerprint density at radius 3 is 2.80 bits per heavy atom. The predicted octanol–water partition coefficient (Wildman–Crippen LogP) is 2.00. The summed E-state index contributed by atoms with van der Waals surface area (Å²) in [5.41, 5.74) is 1.95. The molecule has 0 aliphatic heterocycles. The molecule has 0 saturated carbocycles. The lowest BCUT2D eigenvalue weighted by atomic mass is 10.2. The van der Waals surface area contributed by atoms with Crippen molar-refractivity contribution in [3.63, 3.8) is 0 Å². The van der Waals surface area contributed by atoms with Gasteiger partial charge in [-0.3, -0.25) is 4.79 Å². The van der Waals surface area contributed by atoms with Gasteiger partial charge in [-0.1, -0.05) is 18.2 Å². The smallest absolute Gasteiger partial charge is 0.261 e. The average molecular weight is 268 g/mol. The summed E-state index contributed by atoms with van der Waals surface area (Å²) in [5, 5.41) is 16.5. The number of para-hydroxylation sites is 1. The van der Waals surface area contributed by atoms with Crippen LogP contribution < -0.4 is 5.32 Å². The minimum Gasteiger partial charge on any atom is -0.493 e. The second-order valence-corrected chi connectivity index (χ2v) is 4.37. The van der Waals surface area contributed by atoms with E-state index in [0.29, 0.717) is 22.6 Å². The molecule has 0 aliphatic rings. The van der Waals surface area contributed by atoms with E-state index in [1.807, 2.05) is 18.2 Å². The van der Waals surface area contributed by atoms with Crippen LogP contribution in [0.2, 0.25) is 0 Å². The minimum atomic E-state index is -0.316. The standard InChI is InChI=1S/C14H12N4O2/c1-9-7-12(19)18-13(16-9)11(8-15-18)14(20)17-10-5-3-2-4-6-10/h2-8,19H,1H3,(H,17,20). The Kier molecular flexibility index (Phi) is 2.83. The van der Waals surface area contributed by atoms with Crippen molar-refractivity contribution in [2.45, 2.75) is 6.92 Å². The number of fused-ring (bicyclic) bond motifs is 1. The summed E-state index contributed by atoms with van der Waals surface area (Å²) in [7, 11) is 0. The van der Waals surface area contributed by atoms with E-state index in [9.17, 15) is 9.90 Å². The molecule has 100 valence electrons. The molecule has 3 aromatic rings. The first kappa shape index (κ1) is 12.2. The maximum absolute atomic E-state index is 12.2. The van der Waals surface area contributed by atoms with Gasteiger partial charge in [0.1, 0.15) is 5.56 Å². The van der Waals surface area contributed by atoms with Gasteiger partial charge < -0.3 is 10.4 Å². The second-order valence-electron chi connectivity index (χ2n) is 4.37. The van der Waals surface area contributed by atoms with Crippen molar-refractivity contribution in [3.8, 4) is 5.88 Å². The molecule has 1 aromatic carbocycles. The van der Waals surface area contributed by atoms with Crippen molar-refractivity contribution in [3.05, 3.63) is 53.9 Å². The number of aromatic hydroxyl groups is 1. The first-order valence-corrected chi connectivity index (χ1v) is 6.06. The number of hydrogen-bond donors (Lipinski definition) is 2. The van der Waals surface area contributed by atoms with Crippen LogP contribution in [0.1, 0.15) is 16.1 Å². The van der Waals surface area contributed by atoms with E-state index >= 15 is 0 Å². The highest BCUT2D eigenvalue weighted by atomic mass is 16.3. The monoisotopic (exact) mass is 268 g/mol. The SMILES string of the molecule is Cc1cc(O)n2ncc(C(=O)Nc3ccccc3)c2n1. The van der Waals surface area contributed by atoms with Crippen LogP contribution in [0.3, 0.4) is 0 Å². The Morgan fingerprint density at radius 2 is 2.05 bits per heavy atom. The highest BCUT2D eigenvalue weighted by molar-refractivity contribution is 6.08. The molecular weight excluding hydrogens is 256 g/mol. The number of anilines is 1. The Hall–Kier alpha value is -2.89. The Labute approximate surface area is 114 Å². The first-order chi connectivity index (χ1) is 9.65. The zero-order chi connectivity index (χ0) is 14.1. The van der Waals surface area contributed by atoms with Crippen LogP contribution >= 0.6 is 0 Å². The molecule has 0 spiro atoms.